The Balaban J connectivity index is 2.03. The van der Waals surface area contributed by atoms with Crippen LogP contribution in [0.2, 0.25) is 0 Å². The first-order valence-corrected chi connectivity index (χ1v) is 6.63. The lowest BCUT2D eigenvalue weighted by molar-refractivity contribution is -0.107. The Labute approximate surface area is 117 Å². The van der Waals surface area contributed by atoms with Gasteiger partial charge in [0.15, 0.2) is 24.1 Å². The van der Waals surface area contributed by atoms with Crippen LogP contribution in [0.1, 0.15) is 25.3 Å². The van der Waals surface area contributed by atoms with E-state index in [1.807, 2.05) is 18.2 Å². The highest BCUT2D eigenvalue weighted by atomic mass is 16.1. The molecule has 3 rings (SSSR count). The molecule has 5 heteroatoms. The number of nitrogens with one attached hydrogen (secondary N) is 2. The van der Waals surface area contributed by atoms with Crippen LogP contribution in [-0.2, 0) is 4.79 Å². The highest BCUT2D eigenvalue weighted by Gasteiger charge is 2.21. The molecule has 0 amide bonds. The van der Waals surface area contributed by atoms with Crippen molar-refractivity contribution in [3.63, 3.8) is 0 Å². The van der Waals surface area contributed by atoms with Gasteiger partial charge in [0, 0.05) is 5.56 Å². The second-order valence-corrected chi connectivity index (χ2v) is 5.10. The number of aromatic nitrogens is 2. The molecule has 2 heterocycles. The Hall–Kier alpha value is -2.43. The molecule has 0 saturated carbocycles. The summed E-state index contributed by atoms with van der Waals surface area (Å²) in [4.78, 5) is 19.7. The van der Waals surface area contributed by atoms with Gasteiger partial charge in [0.25, 0.3) is 0 Å². The summed E-state index contributed by atoms with van der Waals surface area (Å²) >= 11 is 0. The van der Waals surface area contributed by atoms with E-state index in [-0.39, 0.29) is 0 Å². The molecule has 0 saturated heterocycles. The van der Waals surface area contributed by atoms with Gasteiger partial charge >= 0.3 is 0 Å². The van der Waals surface area contributed by atoms with Gasteiger partial charge in [-0.15, -0.1) is 0 Å². The lowest BCUT2D eigenvalue weighted by Crippen LogP contribution is -2.23. The molecule has 1 aliphatic rings. The van der Waals surface area contributed by atoms with E-state index in [2.05, 4.69) is 40.5 Å². The monoisotopic (exact) mass is 268 g/mol. The van der Waals surface area contributed by atoms with Crippen LogP contribution in [0, 0.1) is 0 Å². The zero-order valence-corrected chi connectivity index (χ0v) is 11.4. The van der Waals surface area contributed by atoms with Crippen molar-refractivity contribution >= 4 is 17.8 Å². The Bertz CT molecular complexity index is 654. The lowest BCUT2D eigenvalue weighted by atomic mass is 9.97. The maximum Gasteiger partial charge on any atom is 0.162 e. The number of aldehydes is 1. The molecular weight excluding hydrogens is 252 g/mol. The van der Waals surface area contributed by atoms with Crippen molar-refractivity contribution in [3.05, 3.63) is 36.0 Å². The minimum Gasteiger partial charge on any atom is -0.355 e. The molecule has 102 valence electrons. The summed E-state index contributed by atoms with van der Waals surface area (Å²) in [6.45, 7) is 4.29. The molecule has 1 unspecified atom stereocenters. The standard InChI is InChI=1S/C15H16N4O/c1-9(2)10-5-3-4-6-11(10)14-16-7-12-15(19-14)18-13(8-20)17-12/h3-9,13,17H,1-2H3,(H,16,18,19). The van der Waals surface area contributed by atoms with Gasteiger partial charge in [-0.25, -0.2) is 9.97 Å². The number of rotatable bonds is 3. The molecule has 20 heavy (non-hydrogen) atoms. The fraction of sp³-hybridized carbons (Fsp3) is 0.267. The molecule has 0 aliphatic carbocycles. The minimum absolute atomic E-state index is 0.400. The quantitative estimate of drug-likeness (QED) is 0.838. The number of carbonyl (C=O) groups excluding carboxylic acids is 1. The molecule has 2 aromatic rings. The summed E-state index contributed by atoms with van der Waals surface area (Å²) in [5.41, 5.74) is 3.00. The third-order valence-corrected chi connectivity index (χ3v) is 3.35. The zero-order valence-electron chi connectivity index (χ0n) is 11.4. The van der Waals surface area contributed by atoms with Gasteiger partial charge in [0.05, 0.1) is 11.9 Å². The van der Waals surface area contributed by atoms with Gasteiger partial charge in [-0.2, -0.15) is 0 Å². The summed E-state index contributed by atoms with van der Waals surface area (Å²) < 4.78 is 0. The predicted octanol–water partition coefficient (Wildman–Crippen LogP) is 2.63. The Kier molecular flexibility index (Phi) is 3.10. The average Bonchev–Trinajstić information content (AvgIpc) is 2.89. The van der Waals surface area contributed by atoms with Gasteiger partial charge in [-0.3, -0.25) is 4.79 Å². The van der Waals surface area contributed by atoms with Crippen LogP contribution in [-0.4, -0.2) is 22.4 Å². The second-order valence-electron chi connectivity index (χ2n) is 5.10. The number of benzene rings is 1. The van der Waals surface area contributed by atoms with E-state index >= 15 is 0 Å². The molecule has 0 bridgehead atoms. The van der Waals surface area contributed by atoms with Crippen molar-refractivity contribution in [2.24, 2.45) is 0 Å². The molecule has 0 fully saturated rings. The molecule has 2 N–H and O–H groups in total. The van der Waals surface area contributed by atoms with Crippen molar-refractivity contribution < 1.29 is 4.79 Å². The maximum absolute atomic E-state index is 10.8. The fourth-order valence-corrected chi connectivity index (χ4v) is 2.35. The van der Waals surface area contributed by atoms with Gasteiger partial charge in [-0.1, -0.05) is 38.1 Å². The molecule has 1 aromatic carbocycles. The molecule has 1 atom stereocenters. The van der Waals surface area contributed by atoms with Crippen LogP contribution < -0.4 is 10.6 Å². The van der Waals surface area contributed by atoms with E-state index < -0.39 is 6.17 Å². The van der Waals surface area contributed by atoms with Crippen molar-refractivity contribution in [2.75, 3.05) is 10.6 Å². The molecule has 0 radical (unpaired) electrons. The molecule has 1 aliphatic heterocycles. The highest BCUT2D eigenvalue weighted by molar-refractivity contribution is 5.81. The largest absolute Gasteiger partial charge is 0.355 e. The number of anilines is 2. The van der Waals surface area contributed by atoms with Crippen LogP contribution in [0.5, 0.6) is 0 Å². The van der Waals surface area contributed by atoms with Gasteiger partial charge in [0.2, 0.25) is 0 Å². The third-order valence-electron chi connectivity index (χ3n) is 3.35. The first-order valence-electron chi connectivity index (χ1n) is 6.63. The van der Waals surface area contributed by atoms with Crippen molar-refractivity contribution in [2.45, 2.75) is 25.9 Å². The first-order chi connectivity index (χ1) is 9.69. The van der Waals surface area contributed by atoms with Crippen LogP contribution in [0.25, 0.3) is 11.4 Å². The van der Waals surface area contributed by atoms with Crippen LogP contribution >= 0.6 is 0 Å². The van der Waals surface area contributed by atoms with Crippen LogP contribution in [0.3, 0.4) is 0 Å². The van der Waals surface area contributed by atoms with E-state index in [1.54, 1.807) is 6.20 Å². The average molecular weight is 268 g/mol. The molecule has 1 aromatic heterocycles. The Morgan fingerprint density at radius 2 is 2.05 bits per heavy atom. The minimum atomic E-state index is -0.421. The van der Waals surface area contributed by atoms with E-state index in [0.717, 1.165) is 17.5 Å². The molecule has 0 spiro atoms. The number of hydrogen-bond donors (Lipinski definition) is 2. The van der Waals surface area contributed by atoms with E-state index in [4.69, 9.17) is 0 Å². The number of nitrogens with zero attached hydrogens (tertiary/aromatic N) is 2. The highest BCUT2D eigenvalue weighted by Crippen LogP contribution is 2.31. The number of fused-ring (bicyclic) bond motifs is 1. The summed E-state index contributed by atoms with van der Waals surface area (Å²) in [6.07, 6.45) is 2.10. The fourth-order valence-electron chi connectivity index (χ4n) is 2.35. The van der Waals surface area contributed by atoms with E-state index in [0.29, 0.717) is 17.6 Å². The SMILES string of the molecule is CC(C)c1ccccc1-c1ncc2c(n1)NC(C=O)N2. The normalized spacial score (nSPS) is 16.4. The zero-order chi connectivity index (χ0) is 14.1. The smallest absolute Gasteiger partial charge is 0.162 e. The first kappa shape index (κ1) is 12.6. The summed E-state index contributed by atoms with van der Waals surface area (Å²) in [5, 5.41) is 6.01. The maximum atomic E-state index is 10.8. The van der Waals surface area contributed by atoms with Crippen LogP contribution in [0.15, 0.2) is 30.5 Å². The Morgan fingerprint density at radius 3 is 2.80 bits per heavy atom. The van der Waals surface area contributed by atoms with Crippen molar-refractivity contribution in [1.82, 2.24) is 9.97 Å². The lowest BCUT2D eigenvalue weighted by Gasteiger charge is -2.11. The topological polar surface area (TPSA) is 66.9 Å². The second kappa shape index (κ2) is 4.92. The van der Waals surface area contributed by atoms with Crippen molar-refractivity contribution in [1.29, 1.82) is 0 Å². The number of hydrogen-bond acceptors (Lipinski definition) is 5. The van der Waals surface area contributed by atoms with Crippen LogP contribution in [0.4, 0.5) is 11.5 Å². The number of carbonyl (C=O) groups is 1. The Morgan fingerprint density at radius 1 is 1.25 bits per heavy atom. The van der Waals surface area contributed by atoms with E-state index in [1.165, 1.54) is 5.56 Å². The van der Waals surface area contributed by atoms with Gasteiger partial charge in [-0.05, 0) is 11.5 Å². The molecular formula is C15H16N4O. The van der Waals surface area contributed by atoms with Gasteiger partial charge < -0.3 is 10.6 Å². The predicted molar refractivity (Wildman–Crippen MR) is 78.7 cm³/mol. The summed E-state index contributed by atoms with van der Waals surface area (Å²) in [5.74, 6) is 1.75. The van der Waals surface area contributed by atoms with E-state index in [9.17, 15) is 4.79 Å². The van der Waals surface area contributed by atoms with Crippen molar-refractivity contribution in [3.8, 4) is 11.4 Å². The third kappa shape index (κ3) is 2.11. The summed E-state index contributed by atoms with van der Waals surface area (Å²) in [7, 11) is 0. The molecule has 5 nitrogen and oxygen atoms in total. The summed E-state index contributed by atoms with van der Waals surface area (Å²) in [6, 6.07) is 8.12. The van der Waals surface area contributed by atoms with Gasteiger partial charge in [0.1, 0.15) is 0 Å².